The SMILES string of the molecule is COCCOCC(O)Cn1nnc(C(=O)O)c1CN. The topological polar surface area (TPSA) is 133 Å². The third-order valence-corrected chi connectivity index (χ3v) is 2.36. The number of carbonyl (C=O) groups is 1. The number of hydrogen-bond acceptors (Lipinski definition) is 7. The fourth-order valence-electron chi connectivity index (χ4n) is 1.46. The van der Waals surface area contributed by atoms with Gasteiger partial charge in [-0.1, -0.05) is 5.21 Å². The molecule has 0 saturated carbocycles. The highest BCUT2D eigenvalue weighted by Crippen LogP contribution is 2.05. The first-order valence-electron chi connectivity index (χ1n) is 5.70. The van der Waals surface area contributed by atoms with Crippen LogP contribution in [0.2, 0.25) is 0 Å². The Balaban J connectivity index is 2.54. The normalized spacial score (nSPS) is 12.6. The van der Waals surface area contributed by atoms with Gasteiger partial charge in [0.1, 0.15) is 0 Å². The molecule has 1 heterocycles. The zero-order valence-electron chi connectivity index (χ0n) is 10.7. The second-order valence-corrected chi connectivity index (χ2v) is 3.80. The lowest BCUT2D eigenvalue weighted by Gasteiger charge is -2.12. The van der Waals surface area contributed by atoms with Crippen LogP contribution in [0.3, 0.4) is 0 Å². The van der Waals surface area contributed by atoms with E-state index in [4.69, 9.17) is 20.3 Å². The van der Waals surface area contributed by atoms with Gasteiger partial charge in [0.25, 0.3) is 0 Å². The van der Waals surface area contributed by atoms with Gasteiger partial charge >= 0.3 is 5.97 Å². The Hall–Kier alpha value is -1.55. The number of carboxylic acids is 1. The summed E-state index contributed by atoms with van der Waals surface area (Å²) in [5, 5.41) is 25.8. The zero-order valence-corrected chi connectivity index (χ0v) is 10.7. The summed E-state index contributed by atoms with van der Waals surface area (Å²) < 4.78 is 11.2. The number of rotatable bonds is 9. The van der Waals surface area contributed by atoms with Gasteiger partial charge in [0.05, 0.1) is 38.2 Å². The lowest BCUT2D eigenvalue weighted by molar-refractivity contribution is 0.00548. The van der Waals surface area contributed by atoms with E-state index in [1.807, 2.05) is 0 Å². The summed E-state index contributed by atoms with van der Waals surface area (Å²) in [5.74, 6) is -1.20. The average molecular weight is 274 g/mol. The average Bonchev–Trinajstić information content (AvgIpc) is 2.77. The maximum atomic E-state index is 10.9. The molecule has 0 aliphatic rings. The number of methoxy groups -OCH3 is 1. The molecule has 1 aromatic rings. The van der Waals surface area contributed by atoms with Crippen molar-refractivity contribution < 1.29 is 24.5 Å². The van der Waals surface area contributed by atoms with E-state index in [-0.39, 0.29) is 31.1 Å². The van der Waals surface area contributed by atoms with E-state index in [1.165, 1.54) is 4.68 Å². The number of nitrogens with two attached hydrogens (primary N) is 1. The van der Waals surface area contributed by atoms with Crippen LogP contribution in [-0.4, -0.2) is 64.2 Å². The minimum absolute atomic E-state index is 0.0219. The second kappa shape index (κ2) is 7.79. The molecule has 9 nitrogen and oxygen atoms in total. The van der Waals surface area contributed by atoms with E-state index in [2.05, 4.69) is 10.3 Å². The Labute approximate surface area is 109 Å². The molecule has 9 heteroatoms. The largest absolute Gasteiger partial charge is 0.476 e. The van der Waals surface area contributed by atoms with E-state index >= 15 is 0 Å². The van der Waals surface area contributed by atoms with Crippen LogP contribution in [-0.2, 0) is 22.6 Å². The van der Waals surface area contributed by atoms with Gasteiger partial charge in [-0.3, -0.25) is 0 Å². The number of aromatic nitrogens is 3. The fraction of sp³-hybridized carbons (Fsp3) is 0.700. The molecule has 0 radical (unpaired) electrons. The van der Waals surface area contributed by atoms with Crippen molar-refractivity contribution in [3.8, 4) is 0 Å². The Morgan fingerprint density at radius 1 is 1.53 bits per heavy atom. The molecule has 4 N–H and O–H groups in total. The maximum Gasteiger partial charge on any atom is 0.358 e. The molecule has 0 aromatic carbocycles. The van der Waals surface area contributed by atoms with Gasteiger partial charge in [0.15, 0.2) is 5.69 Å². The summed E-state index contributed by atoms with van der Waals surface area (Å²) >= 11 is 0. The van der Waals surface area contributed by atoms with Crippen molar-refractivity contribution in [1.29, 1.82) is 0 Å². The number of nitrogens with zero attached hydrogens (tertiary/aromatic N) is 3. The van der Waals surface area contributed by atoms with Crippen molar-refractivity contribution in [1.82, 2.24) is 15.0 Å². The number of aliphatic hydroxyl groups is 1. The van der Waals surface area contributed by atoms with Crippen molar-refractivity contribution in [2.45, 2.75) is 19.2 Å². The van der Waals surface area contributed by atoms with E-state index in [0.29, 0.717) is 13.2 Å². The van der Waals surface area contributed by atoms with Crippen molar-refractivity contribution >= 4 is 5.97 Å². The van der Waals surface area contributed by atoms with Crippen LogP contribution in [0.1, 0.15) is 16.2 Å². The van der Waals surface area contributed by atoms with Gasteiger partial charge < -0.3 is 25.4 Å². The first-order chi connectivity index (χ1) is 9.10. The van der Waals surface area contributed by atoms with Crippen LogP contribution in [0, 0.1) is 0 Å². The summed E-state index contributed by atoms with van der Waals surface area (Å²) in [6.07, 6.45) is -0.828. The molecule has 0 aliphatic carbocycles. The highest BCUT2D eigenvalue weighted by molar-refractivity contribution is 5.86. The molecule has 0 aliphatic heterocycles. The Morgan fingerprint density at radius 3 is 2.84 bits per heavy atom. The minimum Gasteiger partial charge on any atom is -0.476 e. The van der Waals surface area contributed by atoms with Crippen molar-refractivity contribution in [2.24, 2.45) is 5.73 Å². The molecule has 1 unspecified atom stereocenters. The van der Waals surface area contributed by atoms with Crippen LogP contribution >= 0.6 is 0 Å². The molecular weight excluding hydrogens is 256 g/mol. The van der Waals surface area contributed by atoms with Crippen molar-refractivity contribution in [3.63, 3.8) is 0 Å². The predicted octanol–water partition coefficient (Wildman–Crippen LogP) is -1.54. The van der Waals surface area contributed by atoms with E-state index in [9.17, 15) is 9.90 Å². The van der Waals surface area contributed by atoms with Crippen molar-refractivity contribution in [2.75, 3.05) is 26.9 Å². The third kappa shape index (κ3) is 4.56. The Morgan fingerprint density at radius 2 is 2.26 bits per heavy atom. The quantitative estimate of drug-likeness (QED) is 0.461. The monoisotopic (exact) mass is 274 g/mol. The minimum atomic E-state index is -1.20. The molecule has 0 fully saturated rings. The number of ether oxygens (including phenoxy) is 2. The molecule has 1 atom stereocenters. The van der Waals surface area contributed by atoms with E-state index in [0.717, 1.165) is 0 Å². The lowest BCUT2D eigenvalue weighted by Crippen LogP contribution is -2.25. The van der Waals surface area contributed by atoms with Gasteiger partial charge in [-0.2, -0.15) is 0 Å². The third-order valence-electron chi connectivity index (χ3n) is 2.36. The van der Waals surface area contributed by atoms with E-state index in [1.54, 1.807) is 7.11 Å². The van der Waals surface area contributed by atoms with Crippen LogP contribution in [0.4, 0.5) is 0 Å². The summed E-state index contributed by atoms with van der Waals surface area (Å²) in [7, 11) is 1.55. The number of hydrogen-bond donors (Lipinski definition) is 3. The van der Waals surface area contributed by atoms with Crippen LogP contribution in [0.15, 0.2) is 0 Å². The molecule has 0 bridgehead atoms. The second-order valence-electron chi connectivity index (χ2n) is 3.80. The first-order valence-corrected chi connectivity index (χ1v) is 5.70. The Kier molecular flexibility index (Phi) is 6.36. The standard InChI is InChI=1S/C10H18N4O5/c1-18-2-3-19-6-7(15)5-14-8(4-11)9(10(16)17)12-13-14/h7,15H,2-6,11H2,1H3,(H,16,17). The molecule has 1 aromatic heterocycles. The van der Waals surface area contributed by atoms with Crippen molar-refractivity contribution in [3.05, 3.63) is 11.4 Å². The number of aromatic carboxylic acids is 1. The fourth-order valence-corrected chi connectivity index (χ4v) is 1.46. The van der Waals surface area contributed by atoms with Gasteiger partial charge in [-0.25, -0.2) is 9.48 Å². The summed E-state index contributed by atoms with van der Waals surface area (Å²) in [4.78, 5) is 10.9. The molecule has 0 saturated heterocycles. The number of aliphatic hydroxyl groups excluding tert-OH is 1. The first kappa shape index (κ1) is 15.5. The summed E-state index contributed by atoms with van der Waals surface area (Å²) in [6, 6.07) is 0. The summed E-state index contributed by atoms with van der Waals surface area (Å²) in [6.45, 7) is 0.948. The molecular formula is C10H18N4O5. The van der Waals surface area contributed by atoms with E-state index < -0.39 is 12.1 Å². The molecule has 19 heavy (non-hydrogen) atoms. The lowest BCUT2D eigenvalue weighted by atomic mass is 10.3. The molecule has 108 valence electrons. The molecule has 1 rings (SSSR count). The molecule has 0 spiro atoms. The highest BCUT2D eigenvalue weighted by atomic mass is 16.5. The van der Waals surface area contributed by atoms with Gasteiger partial charge in [-0.05, 0) is 0 Å². The van der Waals surface area contributed by atoms with Crippen LogP contribution < -0.4 is 5.73 Å². The smallest absolute Gasteiger partial charge is 0.358 e. The highest BCUT2D eigenvalue weighted by Gasteiger charge is 2.19. The zero-order chi connectivity index (χ0) is 14.3. The predicted molar refractivity (Wildman–Crippen MR) is 63.6 cm³/mol. The van der Waals surface area contributed by atoms with Gasteiger partial charge in [-0.15, -0.1) is 5.10 Å². The Bertz CT molecular complexity index is 409. The number of carboxylic acid groups (broad SMARTS) is 1. The van der Waals surface area contributed by atoms with Gasteiger partial charge in [0.2, 0.25) is 0 Å². The van der Waals surface area contributed by atoms with Crippen LogP contribution in [0.25, 0.3) is 0 Å². The van der Waals surface area contributed by atoms with Gasteiger partial charge in [0, 0.05) is 13.7 Å². The summed E-state index contributed by atoms with van der Waals surface area (Å²) in [5.41, 5.74) is 5.52. The molecule has 0 amide bonds. The van der Waals surface area contributed by atoms with Crippen LogP contribution in [0.5, 0.6) is 0 Å². The maximum absolute atomic E-state index is 10.9.